The maximum atomic E-state index is 2.42. The third-order valence-electron chi connectivity index (χ3n) is 9.86. The van der Waals surface area contributed by atoms with Crippen LogP contribution in [0.15, 0.2) is 0 Å². The minimum absolute atomic E-state index is 0.792. The highest BCUT2D eigenvalue weighted by Gasteiger charge is 2.34. The Morgan fingerprint density at radius 3 is 1.07 bits per heavy atom. The smallest absolute Gasteiger partial charge is 0.00189 e. The molecule has 0 aromatic rings. The van der Waals surface area contributed by atoms with Crippen LogP contribution in [0.25, 0.3) is 0 Å². The van der Waals surface area contributed by atoms with Crippen LogP contribution < -0.4 is 0 Å². The molecular weight excluding hydrogens is 520 g/mol. The normalized spacial score (nSPS) is 22.2. The molecule has 2 saturated carbocycles. The largest absolute Gasteiger partial charge is 0.306 e. The van der Waals surface area contributed by atoms with Crippen molar-refractivity contribution in [1.29, 1.82) is 0 Å². The van der Waals surface area contributed by atoms with Gasteiger partial charge in [0.1, 0.15) is 0 Å². The molecule has 43 heavy (non-hydrogen) atoms. The van der Waals surface area contributed by atoms with Gasteiger partial charge in [-0.05, 0) is 94.8 Å². The maximum absolute atomic E-state index is 2.42. The summed E-state index contributed by atoms with van der Waals surface area (Å²) in [6.07, 6.45) is 25.1. The standard InChI is InChI=1S/C8H17N.C6H13N.2C6H12.C6H14.C5H12.C4H10/c1-3-8-4-6-9(2)7-5-8;1-3-6-4-7(2)5-6;1-5-3-6(2)4-5;1-3-6(2)4-5-6;1-3-5-6-4-2;1-3-5-4-2;1-3-4-2/h8H,3-7H2,1-2H3;6H,3-5H2,1-2H3;5-6H,3-4H2,1-2H3;3-5H2,1-2H3;3-6H2,1-2H3;3-5H2,1-2H3;3-4H2,1-2H3. The van der Waals surface area contributed by atoms with Crippen molar-refractivity contribution in [2.24, 2.45) is 29.1 Å². The molecule has 2 aliphatic heterocycles. The Kier molecular flexibility index (Phi) is 36.6. The topological polar surface area (TPSA) is 6.48 Å². The lowest BCUT2D eigenvalue weighted by Gasteiger charge is -2.35. The van der Waals surface area contributed by atoms with Crippen LogP contribution in [-0.4, -0.2) is 50.1 Å². The summed E-state index contributed by atoms with van der Waals surface area (Å²) in [6.45, 7) is 32.4. The lowest BCUT2D eigenvalue weighted by molar-refractivity contribution is 0.131. The molecule has 0 N–H and O–H groups in total. The van der Waals surface area contributed by atoms with Crippen molar-refractivity contribution in [3.05, 3.63) is 0 Å². The van der Waals surface area contributed by atoms with Crippen LogP contribution in [0.4, 0.5) is 0 Å². The predicted octanol–water partition coefficient (Wildman–Crippen LogP) is 13.5. The highest BCUT2D eigenvalue weighted by Crippen LogP contribution is 2.47. The first-order chi connectivity index (χ1) is 20.4. The average Bonchev–Trinajstić information content (AvgIpc) is 3.74. The zero-order valence-electron chi connectivity index (χ0n) is 33.3. The third kappa shape index (κ3) is 34.6. The van der Waals surface area contributed by atoms with E-state index in [9.17, 15) is 0 Å². The molecular formula is C41H90N2. The van der Waals surface area contributed by atoms with Gasteiger partial charge in [-0.3, -0.25) is 0 Å². The Morgan fingerprint density at radius 2 is 0.930 bits per heavy atom. The van der Waals surface area contributed by atoms with Crippen LogP contribution >= 0.6 is 0 Å². The van der Waals surface area contributed by atoms with Crippen LogP contribution in [-0.2, 0) is 0 Å². The number of hydrogen-bond donors (Lipinski definition) is 0. The number of hydrogen-bond acceptors (Lipinski definition) is 2. The third-order valence-corrected chi connectivity index (χ3v) is 9.86. The SMILES string of the molecule is CC1CC(C)C1.CCC1(C)CC1.CCC1CCN(C)CC1.CCC1CN(C)C1.CCCC.CCCCC.CCCCCC. The summed E-state index contributed by atoms with van der Waals surface area (Å²) in [5, 5.41) is 0. The molecule has 2 heterocycles. The summed E-state index contributed by atoms with van der Waals surface area (Å²) in [4.78, 5) is 4.78. The molecule has 2 heteroatoms. The summed E-state index contributed by atoms with van der Waals surface area (Å²) < 4.78 is 0. The zero-order valence-corrected chi connectivity index (χ0v) is 33.3. The van der Waals surface area contributed by atoms with E-state index in [0.717, 1.165) is 29.1 Å². The first-order valence-electron chi connectivity index (χ1n) is 19.8. The van der Waals surface area contributed by atoms with E-state index >= 15 is 0 Å². The van der Waals surface area contributed by atoms with Crippen molar-refractivity contribution < 1.29 is 0 Å². The second kappa shape index (κ2) is 33.3. The Balaban J connectivity index is -0.000000440. The van der Waals surface area contributed by atoms with Gasteiger partial charge in [-0.2, -0.15) is 0 Å². The summed E-state index contributed by atoms with van der Waals surface area (Å²) in [5.74, 6) is 4.13. The molecule has 0 unspecified atom stereocenters. The molecule has 0 spiro atoms. The molecule has 0 atom stereocenters. The van der Waals surface area contributed by atoms with Crippen molar-refractivity contribution in [3.63, 3.8) is 0 Å². The molecule has 4 rings (SSSR count). The van der Waals surface area contributed by atoms with Crippen molar-refractivity contribution in [2.45, 2.75) is 199 Å². The monoisotopic (exact) mass is 611 g/mol. The van der Waals surface area contributed by atoms with Crippen molar-refractivity contribution in [1.82, 2.24) is 9.80 Å². The molecule has 0 radical (unpaired) electrons. The van der Waals surface area contributed by atoms with Gasteiger partial charge in [-0.25, -0.2) is 0 Å². The molecule has 4 aliphatic rings. The van der Waals surface area contributed by atoms with Gasteiger partial charge in [0.2, 0.25) is 0 Å². The van der Waals surface area contributed by atoms with E-state index in [1.165, 1.54) is 142 Å². The molecule has 2 aliphatic carbocycles. The van der Waals surface area contributed by atoms with Gasteiger partial charge in [0, 0.05) is 13.1 Å². The number of piperidine rings is 1. The molecule has 0 amide bonds. The Bertz CT molecular complexity index is 480. The first-order valence-corrected chi connectivity index (χ1v) is 19.8. The quantitative estimate of drug-likeness (QED) is 0.240. The van der Waals surface area contributed by atoms with E-state index < -0.39 is 0 Å². The molecule has 4 fully saturated rings. The van der Waals surface area contributed by atoms with Gasteiger partial charge in [0.05, 0.1) is 0 Å². The fourth-order valence-electron chi connectivity index (χ4n) is 5.28. The molecule has 0 aromatic heterocycles. The Morgan fingerprint density at radius 1 is 0.535 bits per heavy atom. The van der Waals surface area contributed by atoms with E-state index in [4.69, 9.17) is 0 Å². The number of unbranched alkanes of at least 4 members (excludes halogenated alkanes) is 6. The highest BCUT2D eigenvalue weighted by atomic mass is 15.2. The van der Waals surface area contributed by atoms with Crippen LogP contribution in [0.2, 0.25) is 0 Å². The number of nitrogens with zero attached hydrogens (tertiary/aromatic N) is 2. The molecule has 2 saturated heterocycles. The summed E-state index contributed by atoms with van der Waals surface area (Å²) in [7, 11) is 4.39. The number of rotatable bonds is 9. The summed E-state index contributed by atoms with van der Waals surface area (Å²) in [6, 6.07) is 0. The Hall–Kier alpha value is -0.0800. The first kappa shape index (κ1) is 47.3. The molecule has 0 bridgehead atoms. The van der Waals surface area contributed by atoms with Crippen molar-refractivity contribution in [3.8, 4) is 0 Å². The fraction of sp³-hybridized carbons (Fsp3) is 1.00. The molecule has 264 valence electrons. The fourth-order valence-corrected chi connectivity index (χ4v) is 5.28. The van der Waals surface area contributed by atoms with Crippen LogP contribution in [0.5, 0.6) is 0 Å². The lowest BCUT2D eigenvalue weighted by atomic mass is 9.78. The van der Waals surface area contributed by atoms with E-state index in [2.05, 4.69) is 107 Å². The van der Waals surface area contributed by atoms with E-state index in [0.29, 0.717) is 0 Å². The molecule has 2 nitrogen and oxygen atoms in total. The lowest BCUT2D eigenvalue weighted by Crippen LogP contribution is -2.42. The Labute approximate surface area is 277 Å². The van der Waals surface area contributed by atoms with Crippen LogP contribution in [0.3, 0.4) is 0 Å². The minimum Gasteiger partial charge on any atom is -0.306 e. The van der Waals surface area contributed by atoms with Gasteiger partial charge in [-0.1, -0.05) is 160 Å². The predicted molar refractivity (Wildman–Crippen MR) is 203 cm³/mol. The van der Waals surface area contributed by atoms with Gasteiger partial charge >= 0.3 is 0 Å². The summed E-state index contributed by atoms with van der Waals surface area (Å²) in [5.41, 5.74) is 0.792. The van der Waals surface area contributed by atoms with Gasteiger partial charge in [0.15, 0.2) is 0 Å². The van der Waals surface area contributed by atoms with Crippen LogP contribution in [0.1, 0.15) is 199 Å². The van der Waals surface area contributed by atoms with E-state index in [1.54, 1.807) is 0 Å². The molecule has 0 aromatic carbocycles. The minimum atomic E-state index is 0.792. The van der Waals surface area contributed by atoms with E-state index in [-0.39, 0.29) is 0 Å². The maximum Gasteiger partial charge on any atom is 0.00189 e. The second-order valence-electron chi connectivity index (χ2n) is 15.1. The average molecular weight is 611 g/mol. The summed E-state index contributed by atoms with van der Waals surface area (Å²) >= 11 is 0. The zero-order chi connectivity index (χ0) is 33.5. The van der Waals surface area contributed by atoms with Crippen molar-refractivity contribution in [2.75, 3.05) is 40.3 Å². The van der Waals surface area contributed by atoms with Gasteiger partial charge < -0.3 is 9.80 Å². The van der Waals surface area contributed by atoms with Gasteiger partial charge in [-0.15, -0.1) is 0 Å². The van der Waals surface area contributed by atoms with Crippen molar-refractivity contribution >= 4 is 0 Å². The van der Waals surface area contributed by atoms with Crippen LogP contribution in [0, 0.1) is 29.1 Å². The van der Waals surface area contributed by atoms with Gasteiger partial charge in [0.25, 0.3) is 0 Å². The van der Waals surface area contributed by atoms with E-state index in [1.807, 2.05) is 0 Å². The number of likely N-dealkylation sites (tertiary alicyclic amines) is 2. The second-order valence-corrected chi connectivity index (χ2v) is 15.1. The highest BCUT2D eigenvalue weighted by molar-refractivity contribution is 4.86.